The van der Waals surface area contributed by atoms with Crippen molar-refractivity contribution in [1.29, 1.82) is 0 Å². The number of hydrogen-bond acceptors (Lipinski definition) is 5. The zero-order valence-corrected chi connectivity index (χ0v) is 12.2. The first-order valence-corrected chi connectivity index (χ1v) is 7.26. The predicted molar refractivity (Wildman–Crippen MR) is 82.6 cm³/mol. The van der Waals surface area contributed by atoms with Crippen molar-refractivity contribution >= 4 is 16.8 Å². The van der Waals surface area contributed by atoms with Crippen molar-refractivity contribution in [3.05, 3.63) is 48.4 Å². The lowest BCUT2D eigenvalue weighted by Crippen LogP contribution is -2.40. The summed E-state index contributed by atoms with van der Waals surface area (Å²) in [5, 5.41) is 10.4. The number of carbonyl (C=O) groups is 1. The average molecular weight is 310 g/mol. The van der Waals surface area contributed by atoms with Gasteiger partial charge in [-0.25, -0.2) is 0 Å². The maximum Gasteiger partial charge on any atom is 0.272 e. The fourth-order valence-corrected chi connectivity index (χ4v) is 2.48. The van der Waals surface area contributed by atoms with Gasteiger partial charge >= 0.3 is 0 Å². The highest BCUT2D eigenvalue weighted by atomic mass is 16.6. The van der Waals surface area contributed by atoms with Gasteiger partial charge in [0.2, 0.25) is 0 Å². The molecule has 1 unspecified atom stereocenters. The summed E-state index contributed by atoms with van der Waals surface area (Å²) in [6, 6.07) is 9.24. The first-order chi connectivity index (χ1) is 11.3. The number of nitrogens with zero attached hydrogens (tertiary/aromatic N) is 2. The first-order valence-electron chi connectivity index (χ1n) is 7.26. The van der Waals surface area contributed by atoms with Crippen LogP contribution in [0.5, 0.6) is 11.5 Å². The SMILES string of the molecule is O=C(NCC1COc2ccccc2O1)c1n[nH]c2ccncc12. The molecule has 7 heteroatoms. The number of carbonyl (C=O) groups excluding carboxylic acids is 1. The van der Waals surface area contributed by atoms with Gasteiger partial charge in [-0.15, -0.1) is 0 Å². The molecule has 2 aromatic heterocycles. The number of ether oxygens (including phenoxy) is 2. The van der Waals surface area contributed by atoms with Crippen molar-refractivity contribution in [3.63, 3.8) is 0 Å². The van der Waals surface area contributed by atoms with Gasteiger partial charge in [-0.3, -0.25) is 14.9 Å². The van der Waals surface area contributed by atoms with E-state index in [-0.39, 0.29) is 12.0 Å². The molecule has 0 spiro atoms. The lowest BCUT2D eigenvalue weighted by molar-refractivity contribution is 0.0787. The highest BCUT2D eigenvalue weighted by Crippen LogP contribution is 2.30. The quantitative estimate of drug-likeness (QED) is 0.766. The van der Waals surface area contributed by atoms with E-state index < -0.39 is 0 Å². The third-order valence-electron chi connectivity index (χ3n) is 3.64. The summed E-state index contributed by atoms with van der Waals surface area (Å²) in [7, 11) is 0. The molecule has 0 radical (unpaired) electrons. The normalized spacial score (nSPS) is 16.3. The van der Waals surface area contributed by atoms with Gasteiger partial charge in [0.25, 0.3) is 5.91 Å². The molecule has 1 aliphatic rings. The number of hydrogen-bond donors (Lipinski definition) is 2. The Hall–Kier alpha value is -3.09. The maximum absolute atomic E-state index is 12.3. The van der Waals surface area contributed by atoms with Crippen LogP contribution in [0.1, 0.15) is 10.5 Å². The number of nitrogens with one attached hydrogen (secondary N) is 2. The topological polar surface area (TPSA) is 89.1 Å². The minimum absolute atomic E-state index is 0.239. The van der Waals surface area contributed by atoms with Gasteiger partial charge < -0.3 is 14.8 Å². The molecule has 0 aliphatic carbocycles. The van der Waals surface area contributed by atoms with Crippen molar-refractivity contribution in [2.45, 2.75) is 6.10 Å². The molecule has 2 N–H and O–H groups in total. The number of amides is 1. The van der Waals surface area contributed by atoms with Gasteiger partial charge in [0, 0.05) is 12.4 Å². The lowest BCUT2D eigenvalue weighted by atomic mass is 10.2. The summed E-state index contributed by atoms with van der Waals surface area (Å²) in [4.78, 5) is 16.3. The smallest absolute Gasteiger partial charge is 0.272 e. The van der Waals surface area contributed by atoms with Crippen LogP contribution in [-0.4, -0.2) is 40.3 Å². The number of pyridine rings is 1. The molecule has 116 valence electrons. The van der Waals surface area contributed by atoms with E-state index in [4.69, 9.17) is 9.47 Å². The number of fused-ring (bicyclic) bond motifs is 2. The summed E-state index contributed by atoms with van der Waals surface area (Å²) in [6.45, 7) is 0.724. The Morgan fingerprint density at radius 3 is 3.09 bits per heavy atom. The molecule has 1 amide bonds. The Bertz CT molecular complexity index is 861. The molecule has 1 aliphatic heterocycles. The molecule has 1 aromatic carbocycles. The fraction of sp³-hybridized carbons (Fsp3) is 0.188. The highest BCUT2D eigenvalue weighted by Gasteiger charge is 2.22. The van der Waals surface area contributed by atoms with E-state index in [0.717, 1.165) is 11.3 Å². The van der Waals surface area contributed by atoms with E-state index in [1.807, 2.05) is 24.3 Å². The minimum Gasteiger partial charge on any atom is -0.486 e. The van der Waals surface area contributed by atoms with E-state index in [2.05, 4.69) is 20.5 Å². The van der Waals surface area contributed by atoms with E-state index >= 15 is 0 Å². The fourth-order valence-electron chi connectivity index (χ4n) is 2.48. The second-order valence-electron chi connectivity index (χ2n) is 5.20. The Kier molecular flexibility index (Phi) is 3.30. The summed E-state index contributed by atoms with van der Waals surface area (Å²) in [5.74, 6) is 1.14. The molecule has 4 rings (SSSR count). The third kappa shape index (κ3) is 2.57. The molecule has 0 fully saturated rings. The molecule has 0 saturated carbocycles. The Morgan fingerprint density at radius 1 is 1.30 bits per heavy atom. The van der Waals surface area contributed by atoms with Crippen molar-refractivity contribution in [3.8, 4) is 11.5 Å². The van der Waals surface area contributed by atoms with Crippen molar-refractivity contribution in [2.75, 3.05) is 13.2 Å². The zero-order chi connectivity index (χ0) is 15.6. The Labute approximate surface area is 131 Å². The van der Waals surface area contributed by atoms with Crippen LogP contribution in [-0.2, 0) is 0 Å². The number of para-hydroxylation sites is 2. The third-order valence-corrected chi connectivity index (χ3v) is 3.64. The lowest BCUT2D eigenvalue weighted by Gasteiger charge is -2.26. The Morgan fingerprint density at radius 2 is 2.17 bits per heavy atom. The van der Waals surface area contributed by atoms with E-state index in [1.54, 1.807) is 18.5 Å². The van der Waals surface area contributed by atoms with Gasteiger partial charge in [0.05, 0.1) is 17.4 Å². The molecular formula is C16H14N4O3. The van der Waals surface area contributed by atoms with E-state index in [0.29, 0.717) is 30.0 Å². The molecule has 3 heterocycles. The number of aromatic amines is 1. The van der Waals surface area contributed by atoms with Crippen LogP contribution in [0.3, 0.4) is 0 Å². The summed E-state index contributed by atoms with van der Waals surface area (Å²) in [6.07, 6.45) is 3.02. The molecule has 0 saturated heterocycles. The second-order valence-corrected chi connectivity index (χ2v) is 5.20. The van der Waals surface area contributed by atoms with Crippen LogP contribution in [0.4, 0.5) is 0 Å². The number of rotatable bonds is 3. The summed E-state index contributed by atoms with van der Waals surface area (Å²) < 4.78 is 11.4. The van der Waals surface area contributed by atoms with Gasteiger partial charge in [0.15, 0.2) is 17.2 Å². The van der Waals surface area contributed by atoms with Crippen LogP contribution in [0.2, 0.25) is 0 Å². The molecule has 1 atom stereocenters. The summed E-state index contributed by atoms with van der Waals surface area (Å²) in [5.41, 5.74) is 1.10. The van der Waals surface area contributed by atoms with Crippen LogP contribution >= 0.6 is 0 Å². The van der Waals surface area contributed by atoms with Gasteiger partial charge in [-0.2, -0.15) is 5.10 Å². The van der Waals surface area contributed by atoms with Crippen LogP contribution in [0.15, 0.2) is 42.7 Å². The average Bonchev–Trinajstić information content (AvgIpc) is 3.03. The minimum atomic E-state index is -0.272. The standard InChI is InChI=1S/C16H14N4O3/c21-16(15-11-8-17-6-5-12(11)19-20-15)18-7-10-9-22-13-3-1-2-4-14(13)23-10/h1-6,8,10H,7,9H2,(H,18,21)(H,19,20). The van der Waals surface area contributed by atoms with Gasteiger partial charge in [-0.1, -0.05) is 12.1 Å². The van der Waals surface area contributed by atoms with E-state index in [1.165, 1.54) is 0 Å². The highest BCUT2D eigenvalue weighted by molar-refractivity contribution is 6.04. The number of H-pyrrole nitrogens is 1. The molecular weight excluding hydrogens is 296 g/mol. The number of aromatic nitrogens is 3. The van der Waals surface area contributed by atoms with Crippen LogP contribution in [0.25, 0.3) is 10.9 Å². The molecule has 0 bridgehead atoms. The van der Waals surface area contributed by atoms with Crippen molar-refractivity contribution in [1.82, 2.24) is 20.5 Å². The molecule has 7 nitrogen and oxygen atoms in total. The number of benzene rings is 1. The zero-order valence-electron chi connectivity index (χ0n) is 12.2. The monoisotopic (exact) mass is 310 g/mol. The van der Waals surface area contributed by atoms with Crippen LogP contribution in [0, 0.1) is 0 Å². The molecule has 23 heavy (non-hydrogen) atoms. The van der Waals surface area contributed by atoms with Crippen molar-refractivity contribution < 1.29 is 14.3 Å². The Balaban J connectivity index is 1.43. The summed E-state index contributed by atoms with van der Waals surface area (Å²) >= 11 is 0. The first kappa shape index (κ1) is 13.6. The van der Waals surface area contributed by atoms with Gasteiger partial charge in [0.1, 0.15) is 12.7 Å². The second kappa shape index (κ2) is 5.60. The van der Waals surface area contributed by atoms with E-state index in [9.17, 15) is 4.79 Å². The van der Waals surface area contributed by atoms with Gasteiger partial charge in [-0.05, 0) is 18.2 Å². The predicted octanol–water partition coefficient (Wildman–Crippen LogP) is 1.53. The van der Waals surface area contributed by atoms with Crippen LogP contribution < -0.4 is 14.8 Å². The molecule has 3 aromatic rings. The maximum atomic E-state index is 12.3. The van der Waals surface area contributed by atoms with Crippen molar-refractivity contribution in [2.24, 2.45) is 0 Å². The largest absolute Gasteiger partial charge is 0.486 e.